The number of nitrogens with one attached hydrogen (secondary N) is 1. The molecule has 2 rings (SSSR count). The van der Waals surface area contributed by atoms with E-state index in [1.165, 1.54) is 0 Å². The Morgan fingerprint density at radius 1 is 1.20 bits per heavy atom. The lowest BCUT2D eigenvalue weighted by Gasteiger charge is -2.07. The fraction of sp³-hybridized carbons (Fsp3) is 0.300. The molecule has 0 aliphatic heterocycles. The lowest BCUT2D eigenvalue weighted by atomic mass is 10.4. The van der Waals surface area contributed by atoms with Crippen molar-refractivity contribution in [3.05, 3.63) is 30.1 Å². The molecule has 0 fully saturated rings. The maximum Gasteiger partial charge on any atom is 0.143 e. The number of hydrogen-bond donors (Lipinski definition) is 1. The molecule has 0 saturated heterocycles. The van der Waals surface area contributed by atoms with Crippen molar-refractivity contribution in [1.29, 1.82) is 0 Å². The van der Waals surface area contributed by atoms with Crippen LogP contribution in [0.2, 0.25) is 0 Å². The van der Waals surface area contributed by atoms with Gasteiger partial charge in [0.05, 0.1) is 0 Å². The predicted octanol–water partition coefficient (Wildman–Crippen LogP) is 1.32. The van der Waals surface area contributed by atoms with Crippen LogP contribution in [0.4, 0.5) is 5.82 Å². The number of rotatable bonds is 2. The summed E-state index contributed by atoms with van der Waals surface area (Å²) in [5.41, 5.74) is 1.06. The number of aromatic nitrogens is 4. The largest absolute Gasteiger partial charge is 0.373 e. The zero-order valence-electron chi connectivity index (χ0n) is 9.02. The molecule has 2 aromatic rings. The maximum absolute atomic E-state index is 4.23. The zero-order valence-corrected chi connectivity index (χ0v) is 9.02. The van der Waals surface area contributed by atoms with Crippen LogP contribution >= 0.6 is 0 Å². The van der Waals surface area contributed by atoms with Crippen LogP contribution in [0.25, 0.3) is 5.82 Å². The van der Waals surface area contributed by atoms with E-state index in [0.717, 1.165) is 23.2 Å². The summed E-state index contributed by atoms with van der Waals surface area (Å²) in [5.74, 6) is 2.56. The van der Waals surface area contributed by atoms with Crippen molar-refractivity contribution in [3.8, 4) is 5.82 Å². The third-order valence-corrected chi connectivity index (χ3v) is 2.25. The zero-order chi connectivity index (χ0) is 10.8. The Kier molecular flexibility index (Phi) is 2.37. The van der Waals surface area contributed by atoms with Crippen LogP contribution in [0.15, 0.2) is 18.6 Å². The molecule has 5 heteroatoms. The van der Waals surface area contributed by atoms with Crippen LogP contribution in [0.3, 0.4) is 0 Å². The van der Waals surface area contributed by atoms with E-state index in [2.05, 4.69) is 20.3 Å². The van der Waals surface area contributed by atoms with Crippen LogP contribution in [0.5, 0.6) is 0 Å². The van der Waals surface area contributed by atoms with Gasteiger partial charge < -0.3 is 5.32 Å². The van der Waals surface area contributed by atoms with Crippen molar-refractivity contribution in [2.45, 2.75) is 13.8 Å². The van der Waals surface area contributed by atoms with Crippen molar-refractivity contribution >= 4 is 5.82 Å². The van der Waals surface area contributed by atoms with E-state index in [1.807, 2.05) is 37.7 Å². The second-order valence-corrected chi connectivity index (χ2v) is 3.29. The number of anilines is 1. The topological polar surface area (TPSA) is 55.6 Å². The molecule has 2 aromatic heterocycles. The molecule has 1 N–H and O–H groups in total. The van der Waals surface area contributed by atoms with Gasteiger partial charge in [-0.15, -0.1) is 0 Å². The summed E-state index contributed by atoms with van der Waals surface area (Å²) in [5, 5.41) is 2.98. The van der Waals surface area contributed by atoms with Crippen LogP contribution in [-0.4, -0.2) is 26.6 Å². The van der Waals surface area contributed by atoms with Crippen LogP contribution in [0.1, 0.15) is 11.5 Å². The SMILES string of the molecule is CNc1cc(-n2c(C)cnc2C)ncn1. The number of nitrogens with zero attached hydrogens (tertiary/aromatic N) is 4. The Morgan fingerprint density at radius 2 is 2.00 bits per heavy atom. The molecular weight excluding hydrogens is 190 g/mol. The van der Waals surface area contributed by atoms with E-state index >= 15 is 0 Å². The van der Waals surface area contributed by atoms with Crippen molar-refractivity contribution in [2.75, 3.05) is 12.4 Å². The summed E-state index contributed by atoms with van der Waals surface area (Å²) >= 11 is 0. The average molecular weight is 203 g/mol. The molecule has 0 amide bonds. The minimum Gasteiger partial charge on any atom is -0.373 e. The Morgan fingerprint density at radius 3 is 2.60 bits per heavy atom. The molecule has 2 heterocycles. The normalized spacial score (nSPS) is 10.3. The van der Waals surface area contributed by atoms with E-state index < -0.39 is 0 Å². The number of imidazole rings is 1. The van der Waals surface area contributed by atoms with Gasteiger partial charge in [-0.1, -0.05) is 0 Å². The third kappa shape index (κ3) is 1.68. The van der Waals surface area contributed by atoms with Gasteiger partial charge in [0.1, 0.15) is 23.8 Å². The Hall–Kier alpha value is -1.91. The highest BCUT2D eigenvalue weighted by molar-refractivity contribution is 5.41. The van der Waals surface area contributed by atoms with E-state index in [1.54, 1.807) is 6.33 Å². The second-order valence-electron chi connectivity index (χ2n) is 3.29. The molecule has 0 aromatic carbocycles. The molecule has 0 aliphatic rings. The van der Waals surface area contributed by atoms with Gasteiger partial charge in [0.2, 0.25) is 0 Å². The van der Waals surface area contributed by atoms with Crippen molar-refractivity contribution < 1.29 is 0 Å². The monoisotopic (exact) mass is 203 g/mol. The van der Waals surface area contributed by atoms with Gasteiger partial charge in [-0.2, -0.15) is 0 Å². The van der Waals surface area contributed by atoms with Gasteiger partial charge >= 0.3 is 0 Å². The summed E-state index contributed by atoms with van der Waals surface area (Å²) < 4.78 is 1.99. The molecule has 78 valence electrons. The van der Waals surface area contributed by atoms with E-state index in [4.69, 9.17) is 0 Å². The first-order chi connectivity index (χ1) is 7.22. The summed E-state index contributed by atoms with van der Waals surface area (Å²) in [6.45, 7) is 3.95. The van der Waals surface area contributed by atoms with Crippen LogP contribution in [-0.2, 0) is 0 Å². The lowest BCUT2D eigenvalue weighted by molar-refractivity contribution is 0.893. The molecule has 15 heavy (non-hydrogen) atoms. The van der Waals surface area contributed by atoms with E-state index in [-0.39, 0.29) is 0 Å². The van der Waals surface area contributed by atoms with Gasteiger partial charge in [0.15, 0.2) is 0 Å². The van der Waals surface area contributed by atoms with Crippen molar-refractivity contribution in [1.82, 2.24) is 19.5 Å². The minimum absolute atomic E-state index is 0.799. The fourth-order valence-electron chi connectivity index (χ4n) is 1.51. The quantitative estimate of drug-likeness (QED) is 0.799. The first-order valence-electron chi connectivity index (χ1n) is 4.73. The van der Waals surface area contributed by atoms with E-state index in [9.17, 15) is 0 Å². The third-order valence-electron chi connectivity index (χ3n) is 2.25. The minimum atomic E-state index is 0.799. The molecule has 0 spiro atoms. The summed E-state index contributed by atoms with van der Waals surface area (Å²) in [7, 11) is 1.83. The highest BCUT2D eigenvalue weighted by Gasteiger charge is 2.06. The molecule has 0 aliphatic carbocycles. The molecule has 0 bridgehead atoms. The first kappa shape index (κ1) is 9.64. The average Bonchev–Trinajstić information content (AvgIpc) is 2.59. The van der Waals surface area contributed by atoms with Gasteiger partial charge in [-0.3, -0.25) is 4.57 Å². The first-order valence-corrected chi connectivity index (χ1v) is 4.73. The number of aryl methyl sites for hydroxylation is 2. The molecule has 0 atom stereocenters. The Balaban J connectivity index is 2.53. The van der Waals surface area contributed by atoms with Crippen LogP contribution in [0, 0.1) is 13.8 Å². The summed E-state index contributed by atoms with van der Waals surface area (Å²) in [4.78, 5) is 12.5. The predicted molar refractivity (Wildman–Crippen MR) is 58.2 cm³/mol. The summed E-state index contributed by atoms with van der Waals surface area (Å²) in [6, 6.07) is 1.89. The summed E-state index contributed by atoms with van der Waals surface area (Å²) in [6.07, 6.45) is 3.37. The van der Waals surface area contributed by atoms with Gasteiger partial charge in [0, 0.05) is 25.0 Å². The molecule has 0 saturated carbocycles. The van der Waals surface area contributed by atoms with Gasteiger partial charge in [0.25, 0.3) is 0 Å². The second kappa shape index (κ2) is 3.68. The fourth-order valence-corrected chi connectivity index (χ4v) is 1.51. The highest BCUT2D eigenvalue weighted by Crippen LogP contribution is 2.13. The lowest BCUT2D eigenvalue weighted by Crippen LogP contribution is -2.04. The Labute approximate surface area is 88.2 Å². The smallest absolute Gasteiger partial charge is 0.143 e. The Bertz CT molecular complexity index is 455. The van der Waals surface area contributed by atoms with Crippen molar-refractivity contribution in [3.63, 3.8) is 0 Å². The number of hydrogen-bond acceptors (Lipinski definition) is 4. The van der Waals surface area contributed by atoms with E-state index in [0.29, 0.717) is 0 Å². The van der Waals surface area contributed by atoms with Crippen molar-refractivity contribution in [2.24, 2.45) is 0 Å². The van der Waals surface area contributed by atoms with Gasteiger partial charge in [-0.25, -0.2) is 15.0 Å². The van der Waals surface area contributed by atoms with Crippen LogP contribution < -0.4 is 5.32 Å². The maximum atomic E-state index is 4.23. The molecule has 0 radical (unpaired) electrons. The molecular formula is C10H13N5. The van der Waals surface area contributed by atoms with Gasteiger partial charge in [-0.05, 0) is 13.8 Å². The highest BCUT2D eigenvalue weighted by atomic mass is 15.1. The molecule has 0 unspecified atom stereocenters. The molecule has 5 nitrogen and oxygen atoms in total. The standard InChI is InChI=1S/C10H13N5/c1-7-5-12-8(2)15(7)10-4-9(11-3)13-6-14-10/h4-6H,1-3H3,(H,11,13,14).